The van der Waals surface area contributed by atoms with Gasteiger partial charge >= 0.3 is 5.69 Å². The molecular weight excluding hydrogens is 290 g/mol. The van der Waals surface area contributed by atoms with Gasteiger partial charge in [0.15, 0.2) is 0 Å². The van der Waals surface area contributed by atoms with Gasteiger partial charge in [0, 0.05) is 29.4 Å². The third kappa shape index (κ3) is 3.94. The van der Waals surface area contributed by atoms with Crippen LogP contribution in [-0.4, -0.2) is 27.7 Å². The molecule has 1 aromatic rings. The van der Waals surface area contributed by atoms with Crippen LogP contribution < -0.4 is 5.32 Å². The summed E-state index contributed by atoms with van der Waals surface area (Å²) in [7, 11) is 0. The summed E-state index contributed by atoms with van der Waals surface area (Å²) in [6, 6.07) is 1.38. The Balaban J connectivity index is 2.92. The first-order valence-electron chi connectivity index (χ1n) is 5.25. The summed E-state index contributed by atoms with van der Waals surface area (Å²) in [6.45, 7) is 1.98. The Morgan fingerprint density at radius 2 is 2.41 bits per heavy atom. The van der Waals surface area contributed by atoms with Crippen molar-refractivity contribution >= 4 is 27.4 Å². The Hall–Kier alpha value is -1.21. The highest BCUT2D eigenvalue weighted by molar-refractivity contribution is 9.10. The van der Waals surface area contributed by atoms with E-state index < -0.39 is 4.92 Å². The lowest BCUT2D eigenvalue weighted by atomic mass is 10.1. The second-order valence-electron chi connectivity index (χ2n) is 3.54. The summed E-state index contributed by atoms with van der Waals surface area (Å²) < 4.78 is 0.560. The topological polar surface area (TPSA) is 88.3 Å². The fourth-order valence-corrected chi connectivity index (χ4v) is 1.73. The van der Waals surface area contributed by atoms with Crippen molar-refractivity contribution in [1.29, 1.82) is 0 Å². The molecule has 2 N–H and O–H groups in total. The standard InChI is InChI=1S/C10H14BrN3O3/c1-2-8(3-4-15)13-10-9(14(16)17)5-7(11)6-12-10/h5-6,8,15H,2-4H2,1H3,(H,12,13). The van der Waals surface area contributed by atoms with Gasteiger partial charge in [0.05, 0.1) is 4.92 Å². The number of nitro groups is 1. The first kappa shape index (κ1) is 13.9. The van der Waals surface area contributed by atoms with Crippen LogP contribution in [0.1, 0.15) is 19.8 Å². The van der Waals surface area contributed by atoms with E-state index in [0.29, 0.717) is 10.9 Å². The van der Waals surface area contributed by atoms with Crippen molar-refractivity contribution in [2.24, 2.45) is 0 Å². The van der Waals surface area contributed by atoms with Crippen molar-refractivity contribution in [3.05, 3.63) is 26.9 Å². The highest BCUT2D eigenvalue weighted by Gasteiger charge is 2.18. The maximum atomic E-state index is 10.9. The van der Waals surface area contributed by atoms with Gasteiger partial charge < -0.3 is 10.4 Å². The molecule has 0 fully saturated rings. The monoisotopic (exact) mass is 303 g/mol. The fraction of sp³-hybridized carbons (Fsp3) is 0.500. The van der Waals surface area contributed by atoms with E-state index in [1.54, 1.807) is 0 Å². The minimum absolute atomic E-state index is 0.0209. The molecule has 6 nitrogen and oxygen atoms in total. The fourth-order valence-electron chi connectivity index (χ4n) is 1.41. The molecule has 0 amide bonds. The third-order valence-electron chi connectivity index (χ3n) is 2.34. The number of hydrogen-bond donors (Lipinski definition) is 2. The van der Waals surface area contributed by atoms with Crippen LogP contribution in [0.25, 0.3) is 0 Å². The maximum absolute atomic E-state index is 10.9. The molecule has 0 bridgehead atoms. The number of aliphatic hydroxyl groups excluding tert-OH is 1. The Morgan fingerprint density at radius 3 is 2.94 bits per heavy atom. The summed E-state index contributed by atoms with van der Waals surface area (Å²) in [5, 5.41) is 22.7. The van der Waals surface area contributed by atoms with Gasteiger partial charge in [-0.1, -0.05) is 6.92 Å². The van der Waals surface area contributed by atoms with Crippen LogP contribution >= 0.6 is 15.9 Å². The number of anilines is 1. The van der Waals surface area contributed by atoms with Gasteiger partial charge in [0.2, 0.25) is 5.82 Å². The molecule has 1 atom stereocenters. The molecule has 1 aromatic heterocycles. The SMILES string of the molecule is CCC(CCO)Nc1ncc(Br)cc1[N+](=O)[O-]. The molecule has 0 aromatic carbocycles. The van der Waals surface area contributed by atoms with Crippen LogP contribution in [-0.2, 0) is 0 Å². The number of aliphatic hydroxyl groups is 1. The van der Waals surface area contributed by atoms with Gasteiger partial charge in [0.25, 0.3) is 0 Å². The van der Waals surface area contributed by atoms with Crippen LogP contribution in [0, 0.1) is 10.1 Å². The molecule has 94 valence electrons. The molecule has 0 saturated heterocycles. The van der Waals surface area contributed by atoms with Crippen molar-refractivity contribution in [2.45, 2.75) is 25.8 Å². The zero-order valence-corrected chi connectivity index (χ0v) is 11.0. The molecule has 1 rings (SSSR count). The van der Waals surface area contributed by atoms with Gasteiger partial charge in [-0.3, -0.25) is 10.1 Å². The molecule has 0 aliphatic rings. The average Bonchev–Trinajstić information content (AvgIpc) is 2.30. The number of rotatable bonds is 6. The minimum atomic E-state index is -0.480. The summed E-state index contributed by atoms with van der Waals surface area (Å²) >= 11 is 3.14. The van der Waals surface area contributed by atoms with E-state index in [2.05, 4.69) is 26.2 Å². The van der Waals surface area contributed by atoms with Crippen molar-refractivity contribution in [3.63, 3.8) is 0 Å². The molecule has 0 saturated carbocycles. The number of aromatic nitrogens is 1. The highest BCUT2D eigenvalue weighted by atomic mass is 79.9. The lowest BCUT2D eigenvalue weighted by Crippen LogP contribution is -2.21. The summed E-state index contributed by atoms with van der Waals surface area (Å²) in [4.78, 5) is 14.4. The number of hydrogen-bond acceptors (Lipinski definition) is 5. The van der Waals surface area contributed by atoms with Crippen LogP contribution in [0.15, 0.2) is 16.7 Å². The number of halogens is 1. The molecule has 0 aliphatic heterocycles. The van der Waals surface area contributed by atoms with Crippen LogP contribution in [0.2, 0.25) is 0 Å². The Labute approximate surface area is 107 Å². The van der Waals surface area contributed by atoms with Crippen molar-refractivity contribution in [3.8, 4) is 0 Å². The second kappa shape index (κ2) is 6.51. The van der Waals surface area contributed by atoms with Crippen molar-refractivity contribution in [2.75, 3.05) is 11.9 Å². The predicted molar refractivity (Wildman–Crippen MR) is 68.0 cm³/mol. The van der Waals surface area contributed by atoms with Gasteiger partial charge in [-0.25, -0.2) is 4.98 Å². The minimum Gasteiger partial charge on any atom is -0.396 e. The lowest BCUT2D eigenvalue weighted by molar-refractivity contribution is -0.384. The molecule has 7 heteroatoms. The molecule has 1 unspecified atom stereocenters. The van der Waals surface area contributed by atoms with E-state index in [-0.39, 0.29) is 24.2 Å². The quantitative estimate of drug-likeness (QED) is 0.622. The molecule has 0 spiro atoms. The second-order valence-corrected chi connectivity index (χ2v) is 4.46. The predicted octanol–water partition coefficient (Wildman–Crippen LogP) is 2.33. The Bertz CT molecular complexity index is 400. The third-order valence-corrected chi connectivity index (χ3v) is 2.78. The van der Waals surface area contributed by atoms with Crippen molar-refractivity contribution in [1.82, 2.24) is 4.98 Å². The van der Waals surface area contributed by atoms with Crippen molar-refractivity contribution < 1.29 is 10.0 Å². The average molecular weight is 304 g/mol. The van der Waals surface area contributed by atoms with E-state index in [1.807, 2.05) is 6.92 Å². The summed E-state index contributed by atoms with van der Waals surface area (Å²) in [6.07, 6.45) is 2.79. The molecule has 17 heavy (non-hydrogen) atoms. The highest BCUT2D eigenvalue weighted by Crippen LogP contribution is 2.26. The largest absolute Gasteiger partial charge is 0.396 e. The first-order valence-corrected chi connectivity index (χ1v) is 6.05. The summed E-state index contributed by atoms with van der Waals surface area (Å²) in [5.74, 6) is 0.235. The van der Waals surface area contributed by atoms with E-state index in [1.165, 1.54) is 12.3 Å². The molecular formula is C10H14BrN3O3. The van der Waals surface area contributed by atoms with E-state index in [0.717, 1.165) is 6.42 Å². The molecule has 0 radical (unpaired) electrons. The summed E-state index contributed by atoms with van der Waals surface area (Å²) in [5.41, 5.74) is -0.0734. The van der Waals surface area contributed by atoms with Crippen LogP contribution in [0.5, 0.6) is 0 Å². The van der Waals surface area contributed by atoms with Gasteiger partial charge in [0.1, 0.15) is 0 Å². The number of pyridine rings is 1. The van der Waals surface area contributed by atoms with Crippen LogP contribution in [0.3, 0.4) is 0 Å². The van der Waals surface area contributed by atoms with Crippen LogP contribution in [0.4, 0.5) is 11.5 Å². The van der Waals surface area contributed by atoms with E-state index in [9.17, 15) is 10.1 Å². The zero-order chi connectivity index (χ0) is 12.8. The molecule has 0 aliphatic carbocycles. The number of nitrogens with one attached hydrogen (secondary N) is 1. The Morgan fingerprint density at radius 1 is 1.71 bits per heavy atom. The van der Waals surface area contributed by atoms with Gasteiger partial charge in [-0.15, -0.1) is 0 Å². The van der Waals surface area contributed by atoms with Gasteiger partial charge in [-0.05, 0) is 28.8 Å². The number of nitrogens with zero attached hydrogens (tertiary/aromatic N) is 2. The zero-order valence-electron chi connectivity index (χ0n) is 9.39. The normalized spacial score (nSPS) is 12.2. The Kier molecular flexibility index (Phi) is 5.30. The maximum Gasteiger partial charge on any atom is 0.312 e. The first-order chi connectivity index (χ1) is 8.08. The van der Waals surface area contributed by atoms with E-state index in [4.69, 9.17) is 5.11 Å². The molecule has 1 heterocycles. The smallest absolute Gasteiger partial charge is 0.312 e. The lowest BCUT2D eigenvalue weighted by Gasteiger charge is -2.16. The van der Waals surface area contributed by atoms with E-state index >= 15 is 0 Å². The van der Waals surface area contributed by atoms with Gasteiger partial charge in [-0.2, -0.15) is 0 Å².